The summed E-state index contributed by atoms with van der Waals surface area (Å²) < 4.78 is 0. The third kappa shape index (κ3) is 3.07. The summed E-state index contributed by atoms with van der Waals surface area (Å²) in [6.45, 7) is 0. The Bertz CT molecular complexity index is 230. The maximum Gasteiger partial charge on any atom is 0.164 e. The summed E-state index contributed by atoms with van der Waals surface area (Å²) in [5.74, 6) is 0.0345. The predicted molar refractivity (Wildman–Crippen MR) is 55.3 cm³/mol. The molecule has 0 unspecified atom stereocenters. The smallest absolute Gasteiger partial charge is 0.164 e. The minimum Gasteiger partial charge on any atom is -0.321 e. The van der Waals surface area contributed by atoms with Gasteiger partial charge in [-0.1, -0.05) is 6.42 Å². The van der Waals surface area contributed by atoms with Crippen molar-refractivity contribution in [1.82, 2.24) is 0 Å². The quantitative estimate of drug-likeness (QED) is 0.722. The molecule has 2 atom stereocenters. The van der Waals surface area contributed by atoms with Crippen LogP contribution in [-0.2, 0) is 9.59 Å². The zero-order chi connectivity index (χ0) is 10.6. The highest BCUT2D eigenvalue weighted by molar-refractivity contribution is 6.28. The summed E-state index contributed by atoms with van der Waals surface area (Å²) in [7, 11) is 0. The third-order valence-electron chi connectivity index (χ3n) is 2.76. The number of rotatable bonds is 4. The van der Waals surface area contributed by atoms with Crippen molar-refractivity contribution in [2.45, 2.75) is 38.1 Å². The van der Waals surface area contributed by atoms with Gasteiger partial charge in [0.15, 0.2) is 5.78 Å². The van der Waals surface area contributed by atoms with Crippen LogP contribution in [0.5, 0.6) is 0 Å². The van der Waals surface area contributed by atoms with Crippen molar-refractivity contribution < 1.29 is 9.59 Å². The van der Waals surface area contributed by atoms with Crippen molar-refractivity contribution in [2.75, 3.05) is 5.88 Å². The Hall–Kier alpha value is -0.410. The van der Waals surface area contributed by atoms with E-state index in [2.05, 4.69) is 0 Å². The lowest BCUT2D eigenvalue weighted by Gasteiger charge is -2.22. The van der Waals surface area contributed by atoms with E-state index < -0.39 is 6.04 Å². The normalized spacial score (nSPS) is 24.7. The molecule has 0 aliphatic heterocycles. The number of halogens is 1. The molecule has 1 fully saturated rings. The monoisotopic (exact) mass is 217 g/mol. The summed E-state index contributed by atoms with van der Waals surface area (Å²) in [6, 6.07) is -0.556. The average molecular weight is 218 g/mol. The van der Waals surface area contributed by atoms with Gasteiger partial charge in [0, 0.05) is 12.3 Å². The zero-order valence-corrected chi connectivity index (χ0v) is 8.93. The first-order chi connectivity index (χ1) is 6.65. The molecule has 2 N–H and O–H groups in total. The molecule has 0 heterocycles. The van der Waals surface area contributed by atoms with E-state index in [1.807, 2.05) is 0 Å². The van der Waals surface area contributed by atoms with E-state index in [0.717, 1.165) is 19.3 Å². The van der Waals surface area contributed by atoms with Gasteiger partial charge < -0.3 is 5.73 Å². The molecule has 1 aliphatic rings. The molecule has 14 heavy (non-hydrogen) atoms. The van der Waals surface area contributed by atoms with Gasteiger partial charge in [0.2, 0.25) is 0 Å². The molecular weight excluding hydrogens is 202 g/mol. The zero-order valence-electron chi connectivity index (χ0n) is 8.17. The maximum atomic E-state index is 11.4. The Labute approximate surface area is 89.0 Å². The number of hydrogen-bond acceptors (Lipinski definition) is 3. The summed E-state index contributed by atoms with van der Waals surface area (Å²) in [5, 5.41) is 0. The fourth-order valence-corrected chi connectivity index (χ4v) is 2.04. The van der Waals surface area contributed by atoms with Crippen molar-refractivity contribution in [2.24, 2.45) is 11.7 Å². The molecule has 0 saturated heterocycles. The van der Waals surface area contributed by atoms with Crippen LogP contribution in [0, 0.1) is 5.92 Å². The summed E-state index contributed by atoms with van der Waals surface area (Å²) in [4.78, 5) is 22.6. The molecule has 0 aromatic carbocycles. The van der Waals surface area contributed by atoms with Crippen molar-refractivity contribution in [3.05, 3.63) is 0 Å². The predicted octanol–water partition coefficient (Wildman–Crippen LogP) is 1.27. The second kappa shape index (κ2) is 5.47. The molecule has 0 amide bonds. The standard InChI is InChI=1S/C10H16ClNO2/c11-6-10(14)8(12)5-7-3-1-2-4-9(7)13/h7-8H,1-6,12H2/t7-,8-/m0/s1. The van der Waals surface area contributed by atoms with Crippen LogP contribution in [0.3, 0.4) is 0 Å². The Morgan fingerprint density at radius 1 is 1.57 bits per heavy atom. The molecular formula is C10H16ClNO2. The summed E-state index contributed by atoms with van der Waals surface area (Å²) in [5.41, 5.74) is 5.63. The summed E-state index contributed by atoms with van der Waals surface area (Å²) in [6.07, 6.45) is 4.05. The van der Waals surface area contributed by atoms with Gasteiger partial charge in [-0.25, -0.2) is 0 Å². The number of ketones is 2. The number of hydrogen-bond donors (Lipinski definition) is 1. The molecule has 0 aromatic heterocycles. The number of Topliss-reactive ketones (excluding diaryl/α,β-unsaturated/α-hetero) is 2. The van der Waals surface area contributed by atoms with Gasteiger partial charge in [-0.3, -0.25) is 9.59 Å². The van der Waals surface area contributed by atoms with Crippen molar-refractivity contribution >= 4 is 23.2 Å². The third-order valence-corrected chi connectivity index (χ3v) is 3.03. The number of carbonyl (C=O) groups excluding carboxylic acids is 2. The van der Waals surface area contributed by atoms with Gasteiger partial charge in [0.1, 0.15) is 5.78 Å². The molecule has 0 bridgehead atoms. The topological polar surface area (TPSA) is 60.2 Å². The Morgan fingerprint density at radius 2 is 2.29 bits per heavy atom. The van der Waals surface area contributed by atoms with Gasteiger partial charge in [0.05, 0.1) is 11.9 Å². The molecule has 80 valence electrons. The SMILES string of the molecule is N[C@@H](C[C@@H]1CCCCC1=O)C(=O)CCl. The maximum absolute atomic E-state index is 11.4. The molecule has 0 aromatic rings. The lowest BCUT2D eigenvalue weighted by Crippen LogP contribution is -2.36. The Kier molecular flexibility index (Phi) is 4.55. The van der Waals surface area contributed by atoms with E-state index in [-0.39, 0.29) is 23.4 Å². The van der Waals surface area contributed by atoms with Gasteiger partial charge in [-0.15, -0.1) is 11.6 Å². The molecule has 3 nitrogen and oxygen atoms in total. The number of carbonyl (C=O) groups is 2. The van der Waals surface area contributed by atoms with Crippen LogP contribution in [0.1, 0.15) is 32.1 Å². The van der Waals surface area contributed by atoms with Crippen LogP contribution in [0.15, 0.2) is 0 Å². The fourth-order valence-electron chi connectivity index (χ4n) is 1.84. The van der Waals surface area contributed by atoms with Crippen molar-refractivity contribution in [3.8, 4) is 0 Å². The highest BCUT2D eigenvalue weighted by Crippen LogP contribution is 2.24. The average Bonchev–Trinajstić information content (AvgIpc) is 2.20. The van der Waals surface area contributed by atoms with Crippen LogP contribution < -0.4 is 5.73 Å². The lowest BCUT2D eigenvalue weighted by molar-refractivity contribution is -0.125. The molecule has 1 aliphatic carbocycles. The molecule has 4 heteroatoms. The first kappa shape index (κ1) is 11.7. The van der Waals surface area contributed by atoms with Crippen molar-refractivity contribution in [3.63, 3.8) is 0 Å². The molecule has 1 saturated carbocycles. The van der Waals surface area contributed by atoms with Gasteiger partial charge in [0.25, 0.3) is 0 Å². The lowest BCUT2D eigenvalue weighted by atomic mass is 9.83. The van der Waals surface area contributed by atoms with Crippen LogP contribution >= 0.6 is 11.6 Å². The van der Waals surface area contributed by atoms with Crippen LogP contribution in [0.4, 0.5) is 0 Å². The van der Waals surface area contributed by atoms with E-state index >= 15 is 0 Å². The van der Waals surface area contributed by atoms with E-state index in [0.29, 0.717) is 12.8 Å². The van der Waals surface area contributed by atoms with Gasteiger partial charge in [-0.05, 0) is 19.3 Å². The summed E-state index contributed by atoms with van der Waals surface area (Å²) >= 11 is 5.39. The molecule has 1 rings (SSSR count). The van der Waals surface area contributed by atoms with E-state index in [9.17, 15) is 9.59 Å². The van der Waals surface area contributed by atoms with Crippen LogP contribution in [-0.4, -0.2) is 23.5 Å². The van der Waals surface area contributed by atoms with Crippen molar-refractivity contribution in [1.29, 1.82) is 0 Å². The highest BCUT2D eigenvalue weighted by Gasteiger charge is 2.26. The first-order valence-electron chi connectivity index (χ1n) is 5.02. The minimum absolute atomic E-state index is 0.00841. The second-order valence-electron chi connectivity index (χ2n) is 3.85. The molecule has 0 radical (unpaired) electrons. The minimum atomic E-state index is -0.556. The first-order valence-corrected chi connectivity index (χ1v) is 5.55. The van der Waals surface area contributed by atoms with Crippen LogP contribution in [0.2, 0.25) is 0 Å². The second-order valence-corrected chi connectivity index (χ2v) is 4.12. The number of alkyl halides is 1. The number of nitrogens with two attached hydrogens (primary N) is 1. The highest BCUT2D eigenvalue weighted by atomic mass is 35.5. The van der Waals surface area contributed by atoms with Crippen LogP contribution in [0.25, 0.3) is 0 Å². The van der Waals surface area contributed by atoms with E-state index in [4.69, 9.17) is 17.3 Å². The van der Waals surface area contributed by atoms with Gasteiger partial charge in [-0.2, -0.15) is 0 Å². The largest absolute Gasteiger partial charge is 0.321 e. The van der Waals surface area contributed by atoms with E-state index in [1.54, 1.807) is 0 Å². The molecule has 0 spiro atoms. The van der Waals surface area contributed by atoms with Gasteiger partial charge >= 0.3 is 0 Å². The van der Waals surface area contributed by atoms with E-state index in [1.165, 1.54) is 0 Å². The Balaban J connectivity index is 2.42. The fraction of sp³-hybridized carbons (Fsp3) is 0.800. The Morgan fingerprint density at radius 3 is 2.86 bits per heavy atom.